The lowest BCUT2D eigenvalue weighted by molar-refractivity contribution is -0.136. The van der Waals surface area contributed by atoms with Gasteiger partial charge in [-0.3, -0.25) is 0 Å². The van der Waals surface area contributed by atoms with Gasteiger partial charge in [0.25, 0.3) is 0 Å². The first-order valence-corrected chi connectivity index (χ1v) is 10.3. The van der Waals surface area contributed by atoms with Crippen LogP contribution in [0.5, 0.6) is 0 Å². The molecule has 27 heavy (non-hydrogen) atoms. The van der Waals surface area contributed by atoms with Gasteiger partial charge in [0.2, 0.25) is 0 Å². The van der Waals surface area contributed by atoms with E-state index in [9.17, 15) is 9.90 Å². The summed E-state index contributed by atoms with van der Waals surface area (Å²) < 4.78 is 24.7. The van der Waals surface area contributed by atoms with Gasteiger partial charge in [0.1, 0.15) is 35.6 Å². The first-order valence-electron chi connectivity index (χ1n) is 10.3. The van der Waals surface area contributed by atoms with Gasteiger partial charge in [-0.15, -0.1) is 0 Å². The number of aliphatic hydroxyl groups is 1. The third kappa shape index (κ3) is 1.21. The standard InChI is InChI=1S/C21H26O6/c1-9(2)19-15(23)20-13(25-20)7-12-11-8-24-14(22)10(11)5-6-17(12,3)21(20)16(26-21)18(19,4)27-19/h9,12-13,15-16,23H,5-8H2,1-4H3/t12-,13-,15+,16-,17-,18-,19+,20+,21-/m0/s1. The fourth-order valence-corrected chi connectivity index (χ4v) is 8.29. The number of carbonyl (C=O) groups is 1. The summed E-state index contributed by atoms with van der Waals surface area (Å²) >= 11 is 0. The average Bonchev–Trinajstić information content (AvgIpc) is 3.50. The normalized spacial score (nSPS) is 64.0. The molecule has 9 atom stereocenters. The Hall–Kier alpha value is -0.950. The summed E-state index contributed by atoms with van der Waals surface area (Å²) in [5, 5.41) is 11.6. The molecular weight excluding hydrogens is 348 g/mol. The minimum Gasteiger partial charge on any atom is -0.458 e. The van der Waals surface area contributed by atoms with Gasteiger partial charge in [0, 0.05) is 11.0 Å². The van der Waals surface area contributed by atoms with E-state index >= 15 is 0 Å². The van der Waals surface area contributed by atoms with E-state index in [1.54, 1.807) is 0 Å². The Bertz CT molecular complexity index is 865. The van der Waals surface area contributed by atoms with Crippen LogP contribution in [0.2, 0.25) is 0 Å². The number of aliphatic hydroxyl groups excluding tert-OH is 1. The number of esters is 1. The zero-order chi connectivity index (χ0) is 18.8. The molecule has 4 aliphatic heterocycles. The molecule has 3 saturated heterocycles. The molecule has 0 aromatic heterocycles. The highest BCUT2D eigenvalue weighted by Gasteiger charge is 3.03. The van der Waals surface area contributed by atoms with Gasteiger partial charge in [0.05, 0.1) is 6.10 Å². The van der Waals surface area contributed by atoms with Crippen LogP contribution in [-0.4, -0.2) is 58.4 Å². The molecular formula is C21H26O6. The van der Waals surface area contributed by atoms with Crippen LogP contribution >= 0.6 is 0 Å². The second-order valence-corrected chi connectivity index (χ2v) is 10.5. The SMILES string of the molecule is CC(C)[C@]12O[C@@]1(C)[C@@H]1O[C@@]13[C@]1(O[C@H]1C[C@H]1C4=C(CC[C@@]13C)C(=O)OC4)[C@@H]2O. The van der Waals surface area contributed by atoms with Crippen LogP contribution in [0.4, 0.5) is 0 Å². The monoisotopic (exact) mass is 374 g/mol. The molecule has 7 rings (SSSR count). The summed E-state index contributed by atoms with van der Waals surface area (Å²) in [6.45, 7) is 9.02. The van der Waals surface area contributed by atoms with Crippen molar-refractivity contribution >= 4 is 5.97 Å². The van der Waals surface area contributed by atoms with Crippen molar-refractivity contribution in [3.8, 4) is 0 Å². The number of rotatable bonds is 1. The van der Waals surface area contributed by atoms with Gasteiger partial charge in [-0.2, -0.15) is 0 Å². The van der Waals surface area contributed by atoms with Crippen molar-refractivity contribution in [3.05, 3.63) is 11.1 Å². The Morgan fingerprint density at radius 3 is 2.74 bits per heavy atom. The van der Waals surface area contributed by atoms with Gasteiger partial charge < -0.3 is 24.1 Å². The van der Waals surface area contributed by atoms with Gasteiger partial charge in [-0.25, -0.2) is 4.79 Å². The van der Waals surface area contributed by atoms with Crippen molar-refractivity contribution in [3.63, 3.8) is 0 Å². The molecule has 3 aliphatic carbocycles. The van der Waals surface area contributed by atoms with Crippen molar-refractivity contribution in [2.75, 3.05) is 6.61 Å². The van der Waals surface area contributed by atoms with Gasteiger partial charge in [-0.05, 0) is 43.6 Å². The maximum Gasteiger partial charge on any atom is 0.334 e. The Balaban J connectivity index is 1.40. The summed E-state index contributed by atoms with van der Waals surface area (Å²) in [5.74, 6) is 0.247. The van der Waals surface area contributed by atoms with E-state index in [0.29, 0.717) is 6.61 Å². The molecule has 1 N–H and O–H groups in total. The Kier molecular flexibility index (Phi) is 2.29. The summed E-state index contributed by atoms with van der Waals surface area (Å²) in [7, 11) is 0. The molecule has 0 aromatic rings. The van der Waals surface area contributed by atoms with E-state index in [-0.39, 0.29) is 35.4 Å². The molecule has 0 aromatic carbocycles. The van der Waals surface area contributed by atoms with Crippen LogP contribution in [0, 0.1) is 17.3 Å². The third-order valence-corrected chi connectivity index (χ3v) is 9.62. The van der Waals surface area contributed by atoms with E-state index in [2.05, 4.69) is 27.7 Å². The molecule has 2 spiro atoms. The zero-order valence-corrected chi connectivity index (χ0v) is 16.2. The molecule has 0 radical (unpaired) electrons. The van der Waals surface area contributed by atoms with Crippen molar-refractivity contribution in [1.82, 2.24) is 0 Å². The predicted molar refractivity (Wildman–Crippen MR) is 91.7 cm³/mol. The van der Waals surface area contributed by atoms with E-state index in [1.807, 2.05) is 0 Å². The Morgan fingerprint density at radius 2 is 2.00 bits per heavy atom. The smallest absolute Gasteiger partial charge is 0.334 e. The number of ether oxygens (including phenoxy) is 4. The molecule has 5 fully saturated rings. The van der Waals surface area contributed by atoms with Crippen molar-refractivity contribution in [1.29, 1.82) is 0 Å². The maximum atomic E-state index is 12.1. The minimum absolute atomic E-state index is 0.0393. The molecule has 7 aliphatic rings. The van der Waals surface area contributed by atoms with E-state index in [1.165, 1.54) is 0 Å². The Labute approximate surface area is 158 Å². The lowest BCUT2D eigenvalue weighted by Gasteiger charge is -2.54. The first-order chi connectivity index (χ1) is 12.7. The molecule has 6 heteroatoms. The van der Waals surface area contributed by atoms with Crippen molar-refractivity contribution in [2.24, 2.45) is 17.3 Å². The number of hydrogen-bond donors (Lipinski definition) is 1. The number of cyclic esters (lactones) is 1. The first kappa shape index (κ1) is 15.9. The highest BCUT2D eigenvalue weighted by atomic mass is 16.8. The molecule has 2 saturated carbocycles. The fraction of sp³-hybridized carbons (Fsp3) is 0.857. The predicted octanol–water partition coefficient (Wildman–Crippen LogP) is 1.49. The lowest BCUT2D eigenvalue weighted by Crippen LogP contribution is -2.70. The summed E-state index contributed by atoms with van der Waals surface area (Å²) in [5.41, 5.74) is -0.396. The van der Waals surface area contributed by atoms with Crippen LogP contribution in [0.25, 0.3) is 0 Å². The summed E-state index contributed by atoms with van der Waals surface area (Å²) in [4.78, 5) is 12.1. The second kappa shape index (κ2) is 3.89. The molecule has 146 valence electrons. The second-order valence-electron chi connectivity index (χ2n) is 10.5. The quantitative estimate of drug-likeness (QED) is 0.553. The Morgan fingerprint density at radius 1 is 1.22 bits per heavy atom. The number of carbonyl (C=O) groups excluding carboxylic acids is 1. The van der Waals surface area contributed by atoms with E-state index in [4.69, 9.17) is 18.9 Å². The van der Waals surface area contributed by atoms with Crippen LogP contribution in [0.3, 0.4) is 0 Å². The average molecular weight is 374 g/mol. The number of fused-ring (bicyclic) bond motifs is 4. The van der Waals surface area contributed by atoms with Crippen molar-refractivity contribution < 1.29 is 28.8 Å². The van der Waals surface area contributed by atoms with Gasteiger partial charge >= 0.3 is 5.97 Å². The topological polar surface area (TPSA) is 84.1 Å². The largest absolute Gasteiger partial charge is 0.458 e. The highest BCUT2D eigenvalue weighted by molar-refractivity contribution is 5.92. The van der Waals surface area contributed by atoms with E-state index < -0.39 is 28.5 Å². The number of hydrogen-bond acceptors (Lipinski definition) is 6. The van der Waals surface area contributed by atoms with Crippen molar-refractivity contribution in [2.45, 2.75) is 87.7 Å². The molecule has 0 bridgehead atoms. The molecule has 0 amide bonds. The highest BCUT2D eigenvalue weighted by Crippen LogP contribution is 2.85. The number of epoxide rings is 3. The third-order valence-electron chi connectivity index (χ3n) is 9.62. The molecule has 6 nitrogen and oxygen atoms in total. The van der Waals surface area contributed by atoms with Gasteiger partial charge in [-0.1, -0.05) is 20.8 Å². The molecule has 4 heterocycles. The van der Waals surface area contributed by atoms with Crippen LogP contribution in [0.1, 0.15) is 47.0 Å². The van der Waals surface area contributed by atoms with Crippen LogP contribution in [0.15, 0.2) is 11.1 Å². The zero-order valence-electron chi connectivity index (χ0n) is 16.2. The van der Waals surface area contributed by atoms with E-state index in [0.717, 1.165) is 30.4 Å². The fourth-order valence-electron chi connectivity index (χ4n) is 8.29. The minimum atomic E-state index is -0.687. The van der Waals surface area contributed by atoms with Crippen LogP contribution < -0.4 is 0 Å². The molecule has 0 unspecified atom stereocenters. The van der Waals surface area contributed by atoms with Crippen LogP contribution in [-0.2, 0) is 23.7 Å². The lowest BCUT2D eigenvalue weighted by atomic mass is 9.45. The summed E-state index contributed by atoms with van der Waals surface area (Å²) in [6, 6.07) is 0. The van der Waals surface area contributed by atoms with Gasteiger partial charge in [0.15, 0.2) is 5.60 Å². The maximum absolute atomic E-state index is 12.1. The summed E-state index contributed by atoms with van der Waals surface area (Å²) in [6.07, 6.45) is 1.62.